The minimum atomic E-state index is -0.435. The summed E-state index contributed by atoms with van der Waals surface area (Å²) in [6.45, 7) is 2.11. The first kappa shape index (κ1) is 18.4. The molecule has 0 fully saturated rings. The van der Waals surface area contributed by atoms with Gasteiger partial charge in [-0.15, -0.1) is 5.10 Å². The van der Waals surface area contributed by atoms with Gasteiger partial charge in [0.2, 0.25) is 5.16 Å². The van der Waals surface area contributed by atoms with E-state index < -0.39 is 5.82 Å². The lowest BCUT2D eigenvalue weighted by Gasteiger charge is -2.05. The Bertz CT molecular complexity index is 932. The SMILES string of the molecule is Cc1cc(OCc2nc(SCC(=O)c3cccc(F)c3)n[nH]2)ccc1Cl. The first-order valence-corrected chi connectivity index (χ1v) is 9.09. The van der Waals surface area contributed by atoms with Gasteiger partial charge >= 0.3 is 0 Å². The third-order valence-corrected chi connectivity index (χ3v) is 4.77. The number of ketones is 1. The Labute approximate surface area is 158 Å². The first-order valence-electron chi connectivity index (χ1n) is 7.73. The van der Waals surface area contributed by atoms with Crippen molar-refractivity contribution in [3.05, 3.63) is 70.3 Å². The van der Waals surface area contributed by atoms with E-state index in [4.69, 9.17) is 16.3 Å². The molecule has 0 radical (unpaired) electrons. The van der Waals surface area contributed by atoms with Crippen molar-refractivity contribution in [2.45, 2.75) is 18.7 Å². The summed E-state index contributed by atoms with van der Waals surface area (Å²) in [6, 6.07) is 11.0. The van der Waals surface area contributed by atoms with E-state index in [2.05, 4.69) is 15.2 Å². The summed E-state index contributed by atoms with van der Waals surface area (Å²) in [5, 5.41) is 7.92. The van der Waals surface area contributed by atoms with Crippen LogP contribution in [-0.2, 0) is 6.61 Å². The Hall–Kier alpha value is -2.38. The van der Waals surface area contributed by atoms with Crippen LogP contribution in [0, 0.1) is 12.7 Å². The number of aryl methyl sites for hydroxylation is 1. The van der Waals surface area contributed by atoms with Crippen molar-refractivity contribution in [2.75, 3.05) is 5.75 Å². The molecule has 0 aliphatic rings. The van der Waals surface area contributed by atoms with E-state index in [0.717, 1.165) is 5.56 Å². The quantitative estimate of drug-likeness (QED) is 0.475. The maximum Gasteiger partial charge on any atom is 0.208 e. The fourth-order valence-corrected chi connectivity index (χ4v) is 2.97. The van der Waals surface area contributed by atoms with Gasteiger partial charge in [-0.1, -0.05) is 35.5 Å². The lowest BCUT2D eigenvalue weighted by Crippen LogP contribution is -2.03. The molecule has 0 aliphatic carbocycles. The average molecular weight is 392 g/mol. The van der Waals surface area contributed by atoms with Gasteiger partial charge in [0.05, 0.1) is 5.75 Å². The van der Waals surface area contributed by atoms with Crippen molar-refractivity contribution < 1.29 is 13.9 Å². The number of rotatable bonds is 7. The monoisotopic (exact) mass is 391 g/mol. The van der Waals surface area contributed by atoms with E-state index in [1.807, 2.05) is 13.0 Å². The summed E-state index contributed by atoms with van der Waals surface area (Å²) in [5.74, 6) is 0.722. The van der Waals surface area contributed by atoms with E-state index in [1.165, 1.54) is 30.0 Å². The molecular formula is C18H15ClFN3O2S. The first-order chi connectivity index (χ1) is 12.5. The van der Waals surface area contributed by atoms with Gasteiger partial charge in [-0.2, -0.15) is 0 Å². The second kappa shape index (κ2) is 8.33. The summed E-state index contributed by atoms with van der Waals surface area (Å²) in [6.07, 6.45) is 0. The highest BCUT2D eigenvalue weighted by atomic mass is 35.5. The molecule has 0 saturated heterocycles. The zero-order valence-corrected chi connectivity index (χ0v) is 15.4. The number of halogens is 2. The van der Waals surface area contributed by atoms with Crippen molar-refractivity contribution in [2.24, 2.45) is 0 Å². The molecule has 0 amide bonds. The van der Waals surface area contributed by atoms with Crippen molar-refractivity contribution in [3.8, 4) is 5.75 Å². The number of H-pyrrole nitrogens is 1. The molecule has 26 heavy (non-hydrogen) atoms. The molecule has 0 atom stereocenters. The largest absolute Gasteiger partial charge is 0.486 e. The standard InChI is InChI=1S/C18H15ClFN3O2S/c1-11-7-14(5-6-15(11)19)25-9-17-21-18(23-22-17)26-10-16(24)12-3-2-4-13(20)8-12/h2-8H,9-10H2,1H3,(H,21,22,23). The molecule has 134 valence electrons. The molecule has 0 spiro atoms. The van der Waals surface area contributed by atoms with Crippen LogP contribution in [0.2, 0.25) is 5.02 Å². The Morgan fingerprint density at radius 1 is 1.31 bits per heavy atom. The van der Waals surface area contributed by atoms with Crippen LogP contribution in [0.4, 0.5) is 4.39 Å². The number of carbonyl (C=O) groups is 1. The van der Waals surface area contributed by atoms with Gasteiger partial charge in [-0.25, -0.2) is 9.37 Å². The zero-order chi connectivity index (χ0) is 18.5. The summed E-state index contributed by atoms with van der Waals surface area (Å²) in [4.78, 5) is 16.3. The second-order valence-corrected chi connectivity index (χ2v) is 6.84. The van der Waals surface area contributed by atoms with Crippen LogP contribution >= 0.6 is 23.4 Å². The van der Waals surface area contributed by atoms with Crippen molar-refractivity contribution >= 4 is 29.1 Å². The molecular weight excluding hydrogens is 377 g/mol. The number of ether oxygens (including phenoxy) is 1. The average Bonchev–Trinajstić information content (AvgIpc) is 3.08. The number of hydrogen-bond donors (Lipinski definition) is 1. The minimum absolute atomic E-state index is 0.123. The fourth-order valence-electron chi connectivity index (χ4n) is 2.14. The zero-order valence-electron chi connectivity index (χ0n) is 13.8. The van der Waals surface area contributed by atoms with Gasteiger partial charge in [0.25, 0.3) is 0 Å². The van der Waals surface area contributed by atoms with Crippen molar-refractivity contribution in [1.29, 1.82) is 0 Å². The number of carbonyl (C=O) groups excluding carboxylic acids is 1. The summed E-state index contributed by atoms with van der Waals surface area (Å²) in [5.41, 5.74) is 1.25. The second-order valence-electron chi connectivity index (χ2n) is 5.49. The molecule has 8 heteroatoms. The molecule has 2 aromatic carbocycles. The Morgan fingerprint density at radius 2 is 2.15 bits per heavy atom. The van der Waals surface area contributed by atoms with Crippen LogP contribution in [0.1, 0.15) is 21.7 Å². The molecule has 0 bridgehead atoms. The highest BCUT2D eigenvalue weighted by molar-refractivity contribution is 7.99. The van der Waals surface area contributed by atoms with E-state index in [9.17, 15) is 9.18 Å². The van der Waals surface area contributed by atoms with E-state index in [0.29, 0.717) is 27.3 Å². The number of nitrogens with one attached hydrogen (secondary N) is 1. The molecule has 0 aliphatic heterocycles. The number of thioether (sulfide) groups is 1. The predicted molar refractivity (Wildman–Crippen MR) is 98.4 cm³/mol. The van der Waals surface area contributed by atoms with Crippen LogP contribution in [0.3, 0.4) is 0 Å². The van der Waals surface area contributed by atoms with Crippen LogP contribution in [0.5, 0.6) is 5.75 Å². The van der Waals surface area contributed by atoms with Crippen LogP contribution in [0.15, 0.2) is 47.6 Å². The third-order valence-electron chi connectivity index (χ3n) is 3.50. The summed E-state index contributed by atoms with van der Waals surface area (Å²) in [7, 11) is 0. The number of nitrogens with zero attached hydrogens (tertiary/aromatic N) is 2. The highest BCUT2D eigenvalue weighted by Gasteiger charge is 2.11. The number of Topliss-reactive ketones (excluding diaryl/α,β-unsaturated/α-hetero) is 1. The Balaban J connectivity index is 1.53. The van der Waals surface area contributed by atoms with E-state index in [1.54, 1.807) is 18.2 Å². The van der Waals surface area contributed by atoms with Crippen molar-refractivity contribution in [3.63, 3.8) is 0 Å². The lowest BCUT2D eigenvalue weighted by molar-refractivity contribution is 0.102. The molecule has 1 N–H and O–H groups in total. The molecule has 0 saturated carbocycles. The Kier molecular flexibility index (Phi) is 5.90. The van der Waals surface area contributed by atoms with Gasteiger partial charge in [0.1, 0.15) is 18.2 Å². The number of hydrogen-bond acceptors (Lipinski definition) is 5. The van der Waals surface area contributed by atoms with Crippen LogP contribution < -0.4 is 4.74 Å². The summed E-state index contributed by atoms with van der Waals surface area (Å²) < 4.78 is 18.8. The highest BCUT2D eigenvalue weighted by Crippen LogP contribution is 2.22. The van der Waals surface area contributed by atoms with Gasteiger partial charge in [-0.05, 0) is 42.8 Å². The van der Waals surface area contributed by atoms with Gasteiger partial charge in [-0.3, -0.25) is 9.89 Å². The van der Waals surface area contributed by atoms with E-state index in [-0.39, 0.29) is 18.1 Å². The Morgan fingerprint density at radius 3 is 2.92 bits per heavy atom. The van der Waals surface area contributed by atoms with Gasteiger partial charge in [0, 0.05) is 10.6 Å². The summed E-state index contributed by atoms with van der Waals surface area (Å²) >= 11 is 7.16. The van der Waals surface area contributed by atoms with Crippen molar-refractivity contribution in [1.82, 2.24) is 15.2 Å². The maximum absolute atomic E-state index is 13.2. The minimum Gasteiger partial charge on any atom is -0.486 e. The van der Waals surface area contributed by atoms with Gasteiger partial charge in [0.15, 0.2) is 11.6 Å². The number of aromatic amines is 1. The normalized spacial score (nSPS) is 10.7. The maximum atomic E-state index is 13.2. The topological polar surface area (TPSA) is 67.9 Å². The van der Waals surface area contributed by atoms with Gasteiger partial charge < -0.3 is 4.74 Å². The molecule has 3 rings (SSSR count). The molecule has 0 unspecified atom stereocenters. The molecule has 3 aromatic rings. The third kappa shape index (κ3) is 4.83. The lowest BCUT2D eigenvalue weighted by atomic mass is 10.1. The molecule has 5 nitrogen and oxygen atoms in total. The van der Waals surface area contributed by atoms with E-state index >= 15 is 0 Å². The number of aromatic nitrogens is 3. The van der Waals surface area contributed by atoms with Crippen LogP contribution in [0.25, 0.3) is 0 Å². The smallest absolute Gasteiger partial charge is 0.208 e. The molecule has 1 heterocycles. The number of benzene rings is 2. The van der Waals surface area contributed by atoms with Crippen LogP contribution in [-0.4, -0.2) is 26.7 Å². The fraction of sp³-hybridized carbons (Fsp3) is 0.167. The predicted octanol–water partition coefficient (Wildman–Crippen LogP) is 4.46. The molecule has 1 aromatic heterocycles.